The van der Waals surface area contributed by atoms with Crippen LogP contribution in [0.3, 0.4) is 0 Å². The Bertz CT molecular complexity index is 424. The summed E-state index contributed by atoms with van der Waals surface area (Å²) in [6.07, 6.45) is 4.43. The number of hydrogen-bond donors (Lipinski definition) is 2. The van der Waals surface area contributed by atoms with Gasteiger partial charge in [-0.15, -0.1) is 0 Å². The van der Waals surface area contributed by atoms with Crippen LogP contribution in [-0.2, 0) is 11.2 Å². The maximum atomic E-state index is 10.8. The van der Waals surface area contributed by atoms with Gasteiger partial charge in [-0.05, 0) is 24.5 Å². The first-order valence-corrected chi connectivity index (χ1v) is 6.43. The fraction of sp³-hybridized carbons (Fsp3) is 0.400. The van der Waals surface area contributed by atoms with Crippen molar-refractivity contribution in [3.05, 3.63) is 41.5 Å². The van der Waals surface area contributed by atoms with Gasteiger partial charge in [-0.3, -0.25) is 0 Å². The number of carbonyl (C=O) groups is 1. The molecule has 0 heterocycles. The Morgan fingerprint density at radius 2 is 2.06 bits per heavy atom. The summed E-state index contributed by atoms with van der Waals surface area (Å²) in [5.74, 6) is -0.832. The van der Waals surface area contributed by atoms with Gasteiger partial charge in [-0.1, -0.05) is 44.5 Å². The van der Waals surface area contributed by atoms with E-state index in [0.717, 1.165) is 18.5 Å². The van der Waals surface area contributed by atoms with Crippen LogP contribution >= 0.6 is 0 Å². The Hall–Kier alpha value is -1.77. The molecule has 1 rings (SSSR count). The van der Waals surface area contributed by atoms with Crippen LogP contribution in [-0.4, -0.2) is 17.6 Å². The quantitative estimate of drug-likeness (QED) is 0.725. The molecular formula is C15H21NO2. The van der Waals surface area contributed by atoms with Crippen molar-refractivity contribution >= 4 is 11.7 Å². The molecule has 98 valence electrons. The predicted octanol–water partition coefficient (Wildman–Crippen LogP) is 3.47. The van der Waals surface area contributed by atoms with Crippen LogP contribution in [0.25, 0.3) is 0 Å². The van der Waals surface area contributed by atoms with Crippen molar-refractivity contribution in [3.8, 4) is 0 Å². The monoisotopic (exact) mass is 247 g/mol. The molecule has 0 atom stereocenters. The fourth-order valence-electron chi connectivity index (χ4n) is 1.85. The zero-order chi connectivity index (χ0) is 13.4. The van der Waals surface area contributed by atoms with E-state index in [4.69, 9.17) is 5.11 Å². The molecule has 3 heteroatoms. The lowest BCUT2D eigenvalue weighted by Gasteiger charge is -2.10. The second-order valence-corrected chi connectivity index (χ2v) is 4.18. The second-order valence-electron chi connectivity index (χ2n) is 4.18. The van der Waals surface area contributed by atoms with Crippen molar-refractivity contribution in [2.75, 3.05) is 11.9 Å². The van der Waals surface area contributed by atoms with E-state index in [9.17, 15) is 4.79 Å². The van der Waals surface area contributed by atoms with Crippen molar-refractivity contribution in [1.82, 2.24) is 0 Å². The summed E-state index contributed by atoms with van der Waals surface area (Å²) >= 11 is 0. The molecule has 0 aromatic heterocycles. The molecule has 18 heavy (non-hydrogen) atoms. The highest BCUT2D eigenvalue weighted by Crippen LogP contribution is 2.16. The largest absolute Gasteiger partial charge is 0.478 e. The Kier molecular flexibility index (Phi) is 5.98. The van der Waals surface area contributed by atoms with E-state index in [-0.39, 0.29) is 0 Å². The average molecular weight is 247 g/mol. The van der Waals surface area contributed by atoms with E-state index in [2.05, 4.69) is 18.3 Å². The number of hydrogen-bond acceptors (Lipinski definition) is 2. The Morgan fingerprint density at radius 1 is 1.33 bits per heavy atom. The maximum absolute atomic E-state index is 10.8. The van der Waals surface area contributed by atoms with Crippen molar-refractivity contribution in [2.45, 2.75) is 33.1 Å². The molecule has 0 saturated heterocycles. The van der Waals surface area contributed by atoms with Gasteiger partial charge in [-0.2, -0.15) is 0 Å². The van der Waals surface area contributed by atoms with Crippen LogP contribution in [0.5, 0.6) is 0 Å². The van der Waals surface area contributed by atoms with Crippen LogP contribution in [0.4, 0.5) is 5.69 Å². The molecule has 0 spiro atoms. The van der Waals surface area contributed by atoms with Crippen molar-refractivity contribution in [1.29, 1.82) is 0 Å². The van der Waals surface area contributed by atoms with E-state index in [1.807, 2.05) is 25.1 Å². The summed E-state index contributed by atoms with van der Waals surface area (Å²) < 4.78 is 0. The number of anilines is 1. The van der Waals surface area contributed by atoms with E-state index in [1.54, 1.807) is 6.08 Å². The van der Waals surface area contributed by atoms with Gasteiger partial charge in [-0.25, -0.2) is 4.79 Å². The maximum Gasteiger partial charge on any atom is 0.331 e. The highest BCUT2D eigenvalue weighted by molar-refractivity contribution is 5.86. The molecule has 3 nitrogen and oxygen atoms in total. The normalized spacial score (nSPS) is 11.3. The molecule has 0 bridgehead atoms. The number of aryl methyl sites for hydroxylation is 1. The topological polar surface area (TPSA) is 49.3 Å². The third kappa shape index (κ3) is 4.24. The minimum atomic E-state index is -0.832. The first-order valence-electron chi connectivity index (χ1n) is 6.43. The van der Waals surface area contributed by atoms with Crippen molar-refractivity contribution < 1.29 is 9.90 Å². The van der Waals surface area contributed by atoms with Crippen LogP contribution in [0.2, 0.25) is 0 Å². The zero-order valence-electron chi connectivity index (χ0n) is 11.1. The highest BCUT2D eigenvalue weighted by Gasteiger charge is 2.03. The van der Waals surface area contributed by atoms with Crippen molar-refractivity contribution in [3.63, 3.8) is 0 Å². The molecule has 0 aliphatic carbocycles. The van der Waals surface area contributed by atoms with Gasteiger partial charge in [0.15, 0.2) is 0 Å². The Balaban J connectivity index is 2.66. The molecule has 0 aliphatic heterocycles. The number of carboxylic acid groups (broad SMARTS) is 1. The van der Waals surface area contributed by atoms with Crippen LogP contribution in [0.1, 0.15) is 32.3 Å². The summed E-state index contributed by atoms with van der Waals surface area (Å²) in [4.78, 5) is 10.8. The van der Waals surface area contributed by atoms with Gasteiger partial charge in [0.2, 0.25) is 0 Å². The standard InChI is InChI=1S/C15H21NO2/c1-3-7-13-8-5-6-9-14(13)16-11-10-12(4-2)15(17)18/h5-6,8-10,16H,3-4,7,11H2,1-2H3,(H,17,18)/b12-10-. The predicted molar refractivity (Wildman–Crippen MR) is 74.9 cm³/mol. The van der Waals surface area contributed by atoms with Gasteiger partial charge in [0.1, 0.15) is 0 Å². The highest BCUT2D eigenvalue weighted by atomic mass is 16.4. The van der Waals surface area contributed by atoms with Gasteiger partial charge in [0.25, 0.3) is 0 Å². The number of carboxylic acids is 1. The second kappa shape index (κ2) is 7.54. The zero-order valence-corrected chi connectivity index (χ0v) is 11.1. The molecule has 0 saturated carbocycles. The summed E-state index contributed by atoms with van der Waals surface area (Å²) in [7, 11) is 0. The molecule has 0 aliphatic rings. The number of nitrogens with one attached hydrogen (secondary N) is 1. The van der Waals surface area contributed by atoms with Gasteiger partial charge >= 0.3 is 5.97 Å². The van der Waals surface area contributed by atoms with E-state index in [1.165, 1.54) is 5.56 Å². The van der Waals surface area contributed by atoms with E-state index in [0.29, 0.717) is 18.5 Å². The van der Waals surface area contributed by atoms with Gasteiger partial charge in [0, 0.05) is 17.8 Å². The molecule has 2 N–H and O–H groups in total. The van der Waals surface area contributed by atoms with Crippen molar-refractivity contribution in [2.24, 2.45) is 0 Å². The lowest BCUT2D eigenvalue weighted by atomic mass is 10.1. The SMILES string of the molecule is CCCc1ccccc1NC/C=C(/CC)C(=O)O. The number of benzene rings is 1. The van der Waals surface area contributed by atoms with Gasteiger partial charge < -0.3 is 10.4 Å². The lowest BCUT2D eigenvalue weighted by Crippen LogP contribution is -2.06. The summed E-state index contributed by atoms with van der Waals surface area (Å²) in [5.41, 5.74) is 2.83. The number of rotatable bonds is 7. The molecule has 0 fully saturated rings. The fourth-order valence-corrected chi connectivity index (χ4v) is 1.85. The third-order valence-corrected chi connectivity index (χ3v) is 2.83. The number of para-hydroxylation sites is 1. The lowest BCUT2D eigenvalue weighted by molar-refractivity contribution is -0.132. The molecule has 0 radical (unpaired) electrons. The molecule has 1 aromatic carbocycles. The molecular weight excluding hydrogens is 226 g/mol. The minimum absolute atomic E-state index is 0.454. The van der Waals surface area contributed by atoms with E-state index >= 15 is 0 Å². The summed E-state index contributed by atoms with van der Waals surface area (Å²) in [6, 6.07) is 8.16. The van der Waals surface area contributed by atoms with E-state index < -0.39 is 5.97 Å². The first-order chi connectivity index (χ1) is 8.69. The number of aliphatic carboxylic acids is 1. The molecule has 0 amide bonds. The Morgan fingerprint density at radius 3 is 2.67 bits per heavy atom. The summed E-state index contributed by atoms with van der Waals surface area (Å²) in [6.45, 7) is 4.55. The van der Waals surface area contributed by atoms with Crippen LogP contribution < -0.4 is 5.32 Å². The first kappa shape index (κ1) is 14.3. The smallest absolute Gasteiger partial charge is 0.331 e. The summed E-state index contributed by atoms with van der Waals surface area (Å²) in [5, 5.41) is 12.2. The third-order valence-electron chi connectivity index (χ3n) is 2.83. The van der Waals surface area contributed by atoms with Crippen LogP contribution in [0, 0.1) is 0 Å². The minimum Gasteiger partial charge on any atom is -0.478 e. The van der Waals surface area contributed by atoms with Gasteiger partial charge in [0.05, 0.1) is 0 Å². The average Bonchev–Trinajstić information content (AvgIpc) is 2.36. The molecule has 0 unspecified atom stereocenters. The van der Waals surface area contributed by atoms with Crippen LogP contribution in [0.15, 0.2) is 35.9 Å². The Labute approximate surface area is 109 Å². The molecule has 1 aromatic rings.